The second kappa shape index (κ2) is 5.05. The van der Waals surface area contributed by atoms with Gasteiger partial charge in [-0.05, 0) is 12.1 Å². The molecule has 6 heteroatoms. The summed E-state index contributed by atoms with van der Waals surface area (Å²) in [5.74, 6) is -0.839. The number of carbonyl (C=O) groups excluding carboxylic acids is 1. The maximum atomic E-state index is 11.7. The van der Waals surface area contributed by atoms with E-state index in [4.69, 9.17) is 9.84 Å². The SMILES string of the molecule is O=C(O)CC(O)CN1C(=O)COc2ccccc21. The summed E-state index contributed by atoms with van der Waals surface area (Å²) in [5, 5.41) is 18.2. The maximum absolute atomic E-state index is 11.7. The lowest BCUT2D eigenvalue weighted by molar-refractivity contribution is -0.139. The van der Waals surface area contributed by atoms with Gasteiger partial charge in [-0.2, -0.15) is 0 Å². The zero-order valence-corrected chi connectivity index (χ0v) is 9.57. The van der Waals surface area contributed by atoms with Crippen molar-refractivity contribution in [3.8, 4) is 5.75 Å². The first kappa shape index (κ1) is 12.4. The van der Waals surface area contributed by atoms with E-state index >= 15 is 0 Å². The van der Waals surface area contributed by atoms with Gasteiger partial charge < -0.3 is 19.8 Å². The smallest absolute Gasteiger partial charge is 0.306 e. The van der Waals surface area contributed by atoms with Crippen LogP contribution in [0.15, 0.2) is 24.3 Å². The molecule has 1 unspecified atom stereocenters. The number of benzene rings is 1. The van der Waals surface area contributed by atoms with Gasteiger partial charge in [0.05, 0.1) is 24.8 Å². The maximum Gasteiger partial charge on any atom is 0.306 e. The number of aliphatic hydroxyl groups excluding tert-OH is 1. The highest BCUT2D eigenvalue weighted by Gasteiger charge is 2.27. The van der Waals surface area contributed by atoms with Crippen LogP contribution in [0, 0.1) is 0 Å². The van der Waals surface area contributed by atoms with Gasteiger partial charge in [-0.1, -0.05) is 12.1 Å². The van der Waals surface area contributed by atoms with E-state index < -0.39 is 18.5 Å². The van der Waals surface area contributed by atoms with Crippen LogP contribution in [0.4, 0.5) is 5.69 Å². The summed E-state index contributed by atoms with van der Waals surface area (Å²) in [6.07, 6.45) is -1.50. The lowest BCUT2D eigenvalue weighted by Crippen LogP contribution is -2.43. The van der Waals surface area contributed by atoms with Crippen molar-refractivity contribution in [2.75, 3.05) is 18.1 Å². The molecular formula is C12H13NO5. The van der Waals surface area contributed by atoms with Crippen LogP contribution >= 0.6 is 0 Å². The average Bonchev–Trinajstić information content (AvgIpc) is 2.32. The molecule has 18 heavy (non-hydrogen) atoms. The van der Waals surface area contributed by atoms with Crippen LogP contribution in [-0.4, -0.2) is 41.3 Å². The Morgan fingerprint density at radius 3 is 2.89 bits per heavy atom. The van der Waals surface area contributed by atoms with Gasteiger partial charge in [-0.3, -0.25) is 9.59 Å². The van der Waals surface area contributed by atoms with Crippen LogP contribution in [0.2, 0.25) is 0 Å². The Balaban J connectivity index is 2.16. The number of ether oxygens (including phenoxy) is 1. The Kier molecular flexibility index (Phi) is 3.47. The van der Waals surface area contributed by atoms with Crippen molar-refractivity contribution in [3.05, 3.63) is 24.3 Å². The summed E-state index contributed by atoms with van der Waals surface area (Å²) < 4.78 is 5.24. The minimum atomic E-state index is -1.10. The summed E-state index contributed by atoms with van der Waals surface area (Å²) in [5.41, 5.74) is 0.554. The summed E-state index contributed by atoms with van der Waals surface area (Å²) in [4.78, 5) is 23.6. The van der Waals surface area contributed by atoms with Crippen LogP contribution in [0.25, 0.3) is 0 Å². The number of carbonyl (C=O) groups is 2. The molecule has 2 N–H and O–H groups in total. The van der Waals surface area contributed by atoms with E-state index in [9.17, 15) is 14.7 Å². The number of fused-ring (bicyclic) bond motifs is 1. The van der Waals surface area contributed by atoms with Crippen LogP contribution in [0.5, 0.6) is 5.75 Å². The minimum Gasteiger partial charge on any atom is -0.482 e. The lowest BCUT2D eigenvalue weighted by atomic mass is 10.2. The number of hydrogen-bond acceptors (Lipinski definition) is 4. The quantitative estimate of drug-likeness (QED) is 0.800. The van der Waals surface area contributed by atoms with Gasteiger partial charge >= 0.3 is 5.97 Å². The van der Waals surface area contributed by atoms with Crippen molar-refractivity contribution < 1.29 is 24.5 Å². The third-order valence-electron chi connectivity index (χ3n) is 2.61. The number of carboxylic acids is 1. The van der Waals surface area contributed by atoms with E-state index in [1.54, 1.807) is 24.3 Å². The number of rotatable bonds is 4. The van der Waals surface area contributed by atoms with Gasteiger partial charge in [0.15, 0.2) is 6.61 Å². The van der Waals surface area contributed by atoms with Crippen molar-refractivity contribution in [1.29, 1.82) is 0 Å². The number of carboxylic acid groups (broad SMARTS) is 1. The second-order valence-electron chi connectivity index (χ2n) is 4.01. The zero-order chi connectivity index (χ0) is 13.1. The molecular weight excluding hydrogens is 238 g/mol. The summed E-state index contributed by atoms with van der Waals surface area (Å²) in [6.45, 7) is -0.150. The number of para-hydroxylation sites is 2. The molecule has 1 amide bonds. The molecule has 1 aliphatic heterocycles. The summed E-state index contributed by atoms with van der Waals surface area (Å²) in [7, 11) is 0. The highest BCUT2D eigenvalue weighted by Crippen LogP contribution is 2.31. The molecule has 0 bridgehead atoms. The Hall–Kier alpha value is -2.08. The molecule has 1 aromatic rings. The van der Waals surface area contributed by atoms with Gasteiger partial charge in [0.1, 0.15) is 5.75 Å². The largest absolute Gasteiger partial charge is 0.482 e. The van der Waals surface area contributed by atoms with Crippen molar-refractivity contribution in [2.24, 2.45) is 0 Å². The fourth-order valence-corrected chi connectivity index (χ4v) is 1.83. The molecule has 1 aliphatic rings. The molecule has 96 valence electrons. The molecule has 0 saturated carbocycles. The predicted molar refractivity (Wildman–Crippen MR) is 62.5 cm³/mol. The van der Waals surface area contributed by atoms with E-state index in [0.29, 0.717) is 11.4 Å². The van der Waals surface area contributed by atoms with Crippen LogP contribution in [0.3, 0.4) is 0 Å². The molecule has 0 aromatic heterocycles. The third kappa shape index (κ3) is 2.60. The van der Waals surface area contributed by atoms with Gasteiger partial charge in [0.25, 0.3) is 5.91 Å². The molecule has 0 spiro atoms. The first-order chi connectivity index (χ1) is 8.58. The van der Waals surface area contributed by atoms with Crippen LogP contribution in [0.1, 0.15) is 6.42 Å². The number of nitrogens with zero attached hydrogens (tertiary/aromatic N) is 1. The van der Waals surface area contributed by atoms with E-state index in [1.807, 2.05) is 0 Å². The molecule has 1 aromatic carbocycles. The Labute approximate surface area is 103 Å². The van der Waals surface area contributed by atoms with Crippen molar-refractivity contribution in [3.63, 3.8) is 0 Å². The molecule has 6 nitrogen and oxygen atoms in total. The predicted octanol–water partition coefficient (Wildman–Crippen LogP) is 0.248. The topological polar surface area (TPSA) is 87.1 Å². The zero-order valence-electron chi connectivity index (χ0n) is 9.57. The fourth-order valence-electron chi connectivity index (χ4n) is 1.83. The third-order valence-corrected chi connectivity index (χ3v) is 2.61. The van der Waals surface area contributed by atoms with Crippen LogP contribution < -0.4 is 9.64 Å². The number of anilines is 1. The first-order valence-electron chi connectivity index (χ1n) is 5.50. The van der Waals surface area contributed by atoms with Crippen molar-refractivity contribution >= 4 is 17.6 Å². The van der Waals surface area contributed by atoms with Crippen LogP contribution in [-0.2, 0) is 9.59 Å². The van der Waals surface area contributed by atoms with Gasteiger partial charge in [-0.15, -0.1) is 0 Å². The standard InChI is InChI=1S/C12H13NO5/c14-8(5-12(16)17)6-13-9-3-1-2-4-10(9)18-7-11(13)15/h1-4,8,14H,5-7H2,(H,16,17). The molecule has 1 heterocycles. The Morgan fingerprint density at radius 1 is 1.44 bits per heavy atom. The number of aliphatic carboxylic acids is 1. The number of hydrogen-bond donors (Lipinski definition) is 2. The molecule has 0 saturated heterocycles. The summed E-state index contributed by atoms with van der Waals surface area (Å²) in [6, 6.07) is 6.94. The van der Waals surface area contributed by atoms with Crippen molar-refractivity contribution in [1.82, 2.24) is 0 Å². The number of β-amino-alcohol motifs (C(OH)–C–C–N with tert-alkyl or cyclic N) is 1. The van der Waals surface area contributed by atoms with E-state index in [2.05, 4.69) is 0 Å². The highest BCUT2D eigenvalue weighted by molar-refractivity contribution is 5.97. The number of aliphatic hydroxyl groups is 1. The fraction of sp³-hybridized carbons (Fsp3) is 0.333. The first-order valence-corrected chi connectivity index (χ1v) is 5.50. The molecule has 1 atom stereocenters. The van der Waals surface area contributed by atoms with E-state index in [-0.39, 0.29) is 19.1 Å². The second-order valence-corrected chi connectivity index (χ2v) is 4.01. The molecule has 0 radical (unpaired) electrons. The monoisotopic (exact) mass is 251 g/mol. The average molecular weight is 251 g/mol. The van der Waals surface area contributed by atoms with E-state index in [1.165, 1.54) is 4.90 Å². The molecule has 2 rings (SSSR count). The van der Waals surface area contributed by atoms with E-state index in [0.717, 1.165) is 0 Å². The Bertz CT molecular complexity index is 473. The minimum absolute atomic E-state index is 0.0501. The van der Waals surface area contributed by atoms with Crippen molar-refractivity contribution in [2.45, 2.75) is 12.5 Å². The van der Waals surface area contributed by atoms with Gasteiger partial charge in [-0.25, -0.2) is 0 Å². The van der Waals surface area contributed by atoms with Gasteiger partial charge in [0.2, 0.25) is 0 Å². The normalized spacial score (nSPS) is 15.8. The highest BCUT2D eigenvalue weighted by atomic mass is 16.5. The lowest BCUT2D eigenvalue weighted by Gasteiger charge is -2.30. The number of amides is 1. The Morgan fingerprint density at radius 2 is 2.17 bits per heavy atom. The molecule has 0 fully saturated rings. The van der Waals surface area contributed by atoms with Gasteiger partial charge in [0, 0.05) is 0 Å². The molecule has 0 aliphatic carbocycles. The summed E-state index contributed by atoms with van der Waals surface area (Å²) >= 11 is 0.